The molecule has 1 aliphatic rings. The van der Waals surface area contributed by atoms with E-state index in [1.807, 2.05) is 4.90 Å². The van der Waals surface area contributed by atoms with E-state index >= 15 is 0 Å². The number of benzene rings is 1. The molecule has 0 radical (unpaired) electrons. The van der Waals surface area contributed by atoms with E-state index in [1.165, 1.54) is 0 Å². The zero-order chi connectivity index (χ0) is 14.7. The third-order valence-electron chi connectivity index (χ3n) is 3.75. The molecule has 1 saturated heterocycles. The van der Waals surface area contributed by atoms with Crippen LogP contribution in [0.5, 0.6) is 0 Å². The minimum absolute atomic E-state index is 0.358. The van der Waals surface area contributed by atoms with Crippen LogP contribution < -0.4 is 10.6 Å². The molecule has 0 spiro atoms. The summed E-state index contributed by atoms with van der Waals surface area (Å²) in [5.74, 6) is -0.358. The van der Waals surface area contributed by atoms with Crippen molar-refractivity contribution in [2.75, 3.05) is 11.4 Å². The predicted octanol–water partition coefficient (Wildman–Crippen LogP) is 1.46. The Morgan fingerprint density at radius 2 is 2.30 bits per heavy atom. The molecule has 2 atom stereocenters. The summed E-state index contributed by atoms with van der Waals surface area (Å²) in [7, 11) is 0. The van der Waals surface area contributed by atoms with Crippen LogP contribution in [0, 0.1) is 11.3 Å². The predicted molar refractivity (Wildman–Crippen MR) is 76.0 cm³/mol. The van der Waals surface area contributed by atoms with Gasteiger partial charge in [-0.2, -0.15) is 5.26 Å². The lowest BCUT2D eigenvalue weighted by Crippen LogP contribution is -2.48. The molecule has 0 aliphatic carbocycles. The summed E-state index contributed by atoms with van der Waals surface area (Å²) in [4.78, 5) is 13.6. The van der Waals surface area contributed by atoms with Gasteiger partial charge in [-0.25, -0.2) is 0 Å². The van der Waals surface area contributed by atoms with Gasteiger partial charge < -0.3 is 15.7 Å². The number of amides is 1. The van der Waals surface area contributed by atoms with Crippen LogP contribution >= 0.6 is 0 Å². The van der Waals surface area contributed by atoms with Gasteiger partial charge in [0, 0.05) is 17.8 Å². The lowest BCUT2D eigenvalue weighted by molar-refractivity contribution is -0.119. The van der Waals surface area contributed by atoms with Gasteiger partial charge in [0.25, 0.3) is 0 Å². The molecule has 106 valence electrons. The van der Waals surface area contributed by atoms with E-state index in [9.17, 15) is 9.90 Å². The minimum Gasteiger partial charge on any atom is -0.389 e. The second kappa shape index (κ2) is 5.93. The highest BCUT2D eigenvalue weighted by Crippen LogP contribution is 2.32. The molecule has 0 bridgehead atoms. The first kappa shape index (κ1) is 14.4. The van der Waals surface area contributed by atoms with Crippen LogP contribution in [0.1, 0.15) is 43.4 Å². The fourth-order valence-electron chi connectivity index (χ4n) is 2.73. The summed E-state index contributed by atoms with van der Waals surface area (Å²) >= 11 is 0. The molecule has 3 N–H and O–H groups in total. The second-order valence-electron chi connectivity index (χ2n) is 5.17. The fourth-order valence-corrected chi connectivity index (χ4v) is 2.73. The number of primary amides is 1. The van der Waals surface area contributed by atoms with Crippen LogP contribution in [0.25, 0.3) is 0 Å². The van der Waals surface area contributed by atoms with Crippen molar-refractivity contribution in [3.05, 3.63) is 29.3 Å². The lowest BCUT2D eigenvalue weighted by atomic mass is 9.97. The largest absolute Gasteiger partial charge is 0.389 e. The first-order chi connectivity index (χ1) is 9.54. The second-order valence-corrected chi connectivity index (χ2v) is 5.17. The van der Waals surface area contributed by atoms with Gasteiger partial charge in [0.1, 0.15) is 6.04 Å². The van der Waals surface area contributed by atoms with Crippen molar-refractivity contribution < 1.29 is 9.90 Å². The maximum absolute atomic E-state index is 11.6. The Balaban J connectivity index is 2.48. The Hall–Kier alpha value is -2.06. The molecule has 1 unspecified atom stereocenters. The number of nitrogens with two attached hydrogens (primary N) is 1. The van der Waals surface area contributed by atoms with Crippen molar-refractivity contribution in [1.82, 2.24) is 0 Å². The van der Waals surface area contributed by atoms with E-state index in [4.69, 9.17) is 11.0 Å². The highest BCUT2D eigenvalue weighted by Gasteiger charge is 2.29. The molecule has 1 fully saturated rings. The highest BCUT2D eigenvalue weighted by atomic mass is 16.3. The van der Waals surface area contributed by atoms with Crippen LogP contribution in [-0.2, 0) is 4.79 Å². The summed E-state index contributed by atoms with van der Waals surface area (Å²) in [6, 6.07) is 6.87. The molecule has 5 nitrogen and oxygen atoms in total. The van der Waals surface area contributed by atoms with E-state index < -0.39 is 6.10 Å². The molecule has 0 saturated carbocycles. The number of piperidine rings is 1. The number of aliphatic hydroxyl groups excluding tert-OH is 1. The van der Waals surface area contributed by atoms with Gasteiger partial charge in [0.2, 0.25) is 5.91 Å². The lowest BCUT2D eigenvalue weighted by Gasteiger charge is -2.37. The molecule has 1 amide bonds. The van der Waals surface area contributed by atoms with E-state index in [1.54, 1.807) is 25.1 Å². The smallest absolute Gasteiger partial charge is 0.240 e. The van der Waals surface area contributed by atoms with Gasteiger partial charge in [0.15, 0.2) is 0 Å². The molecule has 1 aliphatic heterocycles. The molecule has 20 heavy (non-hydrogen) atoms. The molecule has 5 heteroatoms. The number of anilines is 1. The molecule has 1 aromatic carbocycles. The van der Waals surface area contributed by atoms with Crippen molar-refractivity contribution in [2.24, 2.45) is 5.73 Å². The third kappa shape index (κ3) is 2.75. The fraction of sp³-hybridized carbons (Fsp3) is 0.467. The van der Waals surface area contributed by atoms with Crippen molar-refractivity contribution in [3.63, 3.8) is 0 Å². The van der Waals surface area contributed by atoms with Crippen molar-refractivity contribution in [3.8, 4) is 6.07 Å². The Labute approximate surface area is 118 Å². The molecule has 1 heterocycles. The summed E-state index contributed by atoms with van der Waals surface area (Å²) in [5.41, 5.74) is 7.45. The first-order valence-electron chi connectivity index (χ1n) is 6.82. The monoisotopic (exact) mass is 273 g/mol. The number of hydrogen-bond acceptors (Lipinski definition) is 4. The quantitative estimate of drug-likeness (QED) is 0.872. The molecule has 0 aromatic heterocycles. The standard InChI is InChI=1S/C15H19N3O2/c1-10(19)12-6-5-11(9-16)8-14(12)18-7-3-2-4-13(18)15(17)20/h5-6,8,10,13,19H,2-4,7H2,1H3,(H2,17,20)/t10-,13?/m0/s1. The SMILES string of the molecule is C[C@H](O)c1ccc(C#N)cc1N1CCCCC1C(N)=O. The van der Waals surface area contributed by atoms with E-state index in [2.05, 4.69) is 6.07 Å². The van der Waals surface area contributed by atoms with Crippen molar-refractivity contribution in [1.29, 1.82) is 5.26 Å². The van der Waals surface area contributed by atoms with Gasteiger partial charge >= 0.3 is 0 Å². The number of hydrogen-bond donors (Lipinski definition) is 2. The number of carbonyl (C=O) groups excluding carboxylic acids is 1. The molecule has 1 aromatic rings. The first-order valence-corrected chi connectivity index (χ1v) is 6.82. The van der Waals surface area contributed by atoms with E-state index in [0.717, 1.165) is 24.1 Å². The van der Waals surface area contributed by atoms with Crippen LogP contribution in [-0.4, -0.2) is 23.6 Å². The normalized spacial score (nSPS) is 20.2. The minimum atomic E-state index is -0.659. The van der Waals surface area contributed by atoms with Crippen LogP contribution in [0.15, 0.2) is 18.2 Å². The third-order valence-corrected chi connectivity index (χ3v) is 3.75. The number of nitriles is 1. The van der Waals surface area contributed by atoms with Gasteiger partial charge in [-0.05, 0) is 38.3 Å². The van der Waals surface area contributed by atoms with Crippen LogP contribution in [0.2, 0.25) is 0 Å². The summed E-state index contributed by atoms with van der Waals surface area (Å²) < 4.78 is 0. The molecule has 2 rings (SSSR count). The maximum Gasteiger partial charge on any atom is 0.240 e. The van der Waals surface area contributed by atoms with Crippen molar-refractivity contribution >= 4 is 11.6 Å². The van der Waals surface area contributed by atoms with Crippen molar-refractivity contribution in [2.45, 2.75) is 38.3 Å². The summed E-state index contributed by atoms with van der Waals surface area (Å²) in [6.45, 7) is 2.39. The number of aliphatic hydroxyl groups is 1. The Morgan fingerprint density at radius 1 is 1.55 bits per heavy atom. The zero-order valence-corrected chi connectivity index (χ0v) is 11.5. The van der Waals surface area contributed by atoms with Crippen LogP contribution in [0.3, 0.4) is 0 Å². The Kier molecular flexibility index (Phi) is 4.26. The molecular formula is C15H19N3O2. The Bertz CT molecular complexity index is 549. The average molecular weight is 273 g/mol. The summed E-state index contributed by atoms with van der Waals surface area (Å²) in [5, 5.41) is 18.9. The Morgan fingerprint density at radius 3 is 2.90 bits per heavy atom. The van der Waals surface area contributed by atoms with Gasteiger partial charge in [-0.15, -0.1) is 0 Å². The topological polar surface area (TPSA) is 90.3 Å². The van der Waals surface area contributed by atoms with Gasteiger partial charge in [-0.3, -0.25) is 4.79 Å². The maximum atomic E-state index is 11.6. The van der Waals surface area contributed by atoms with Gasteiger partial charge in [-0.1, -0.05) is 6.07 Å². The highest BCUT2D eigenvalue weighted by molar-refractivity contribution is 5.84. The van der Waals surface area contributed by atoms with Gasteiger partial charge in [0.05, 0.1) is 17.7 Å². The van der Waals surface area contributed by atoms with E-state index in [-0.39, 0.29) is 11.9 Å². The number of nitrogens with zero attached hydrogens (tertiary/aromatic N) is 2. The average Bonchev–Trinajstić information content (AvgIpc) is 2.46. The number of carbonyl (C=O) groups is 1. The number of rotatable bonds is 3. The summed E-state index contributed by atoms with van der Waals surface area (Å²) in [6.07, 6.45) is 1.99. The van der Waals surface area contributed by atoms with Crippen LogP contribution in [0.4, 0.5) is 5.69 Å². The molecular weight excluding hydrogens is 254 g/mol. The van der Waals surface area contributed by atoms with E-state index in [0.29, 0.717) is 18.5 Å². The zero-order valence-electron chi connectivity index (χ0n) is 11.5.